The minimum absolute atomic E-state index is 0.426. The summed E-state index contributed by atoms with van der Waals surface area (Å²) in [6.45, 7) is 7.00. The standard InChI is InChI=1S/C18H23N3O3/c1-4-23-11-15-20-13-10-19-12-6-5-7-14(16(12)17(13)21-15)24-9-8-18(2,3)22/h5-7,10,22H,4,8-9,11H2,1-3H3,(H,20,21). The van der Waals surface area contributed by atoms with Gasteiger partial charge >= 0.3 is 0 Å². The first kappa shape index (κ1) is 16.7. The summed E-state index contributed by atoms with van der Waals surface area (Å²) < 4.78 is 11.3. The van der Waals surface area contributed by atoms with Gasteiger partial charge in [0.1, 0.15) is 23.7 Å². The minimum Gasteiger partial charge on any atom is -0.493 e. The molecule has 0 aliphatic rings. The van der Waals surface area contributed by atoms with Crippen molar-refractivity contribution in [2.75, 3.05) is 13.2 Å². The highest BCUT2D eigenvalue weighted by Gasteiger charge is 2.15. The average Bonchev–Trinajstić information content (AvgIpc) is 2.94. The first-order valence-corrected chi connectivity index (χ1v) is 8.17. The molecular weight excluding hydrogens is 306 g/mol. The Morgan fingerprint density at radius 1 is 1.29 bits per heavy atom. The highest BCUT2D eigenvalue weighted by atomic mass is 16.5. The fourth-order valence-corrected chi connectivity index (χ4v) is 2.52. The van der Waals surface area contributed by atoms with Crippen LogP contribution in [0, 0.1) is 0 Å². The van der Waals surface area contributed by atoms with Crippen LogP contribution in [0.5, 0.6) is 5.75 Å². The lowest BCUT2D eigenvalue weighted by molar-refractivity contribution is 0.0555. The van der Waals surface area contributed by atoms with E-state index in [4.69, 9.17) is 9.47 Å². The number of aromatic amines is 1. The van der Waals surface area contributed by atoms with Gasteiger partial charge in [0, 0.05) is 13.0 Å². The zero-order valence-electron chi connectivity index (χ0n) is 14.3. The number of benzene rings is 1. The van der Waals surface area contributed by atoms with Crippen molar-refractivity contribution in [1.29, 1.82) is 0 Å². The normalized spacial score (nSPS) is 12.2. The van der Waals surface area contributed by atoms with Crippen LogP contribution in [-0.2, 0) is 11.3 Å². The van der Waals surface area contributed by atoms with Crippen LogP contribution in [0.1, 0.15) is 33.0 Å². The van der Waals surface area contributed by atoms with Crippen LogP contribution in [0.3, 0.4) is 0 Å². The fraction of sp³-hybridized carbons (Fsp3) is 0.444. The fourth-order valence-electron chi connectivity index (χ4n) is 2.52. The molecule has 0 radical (unpaired) electrons. The summed E-state index contributed by atoms with van der Waals surface area (Å²) in [4.78, 5) is 12.4. The van der Waals surface area contributed by atoms with Crippen LogP contribution in [0.2, 0.25) is 0 Å². The Kier molecular flexibility index (Phi) is 4.69. The third-order valence-electron chi connectivity index (χ3n) is 3.77. The number of aliphatic hydroxyl groups is 1. The van der Waals surface area contributed by atoms with E-state index < -0.39 is 5.60 Å². The molecular formula is C18H23N3O3. The van der Waals surface area contributed by atoms with E-state index in [0.717, 1.165) is 33.5 Å². The quantitative estimate of drug-likeness (QED) is 0.696. The van der Waals surface area contributed by atoms with Crippen LogP contribution >= 0.6 is 0 Å². The first-order chi connectivity index (χ1) is 11.5. The molecule has 128 valence electrons. The van der Waals surface area contributed by atoms with Crippen molar-refractivity contribution < 1.29 is 14.6 Å². The van der Waals surface area contributed by atoms with Crippen LogP contribution in [0.15, 0.2) is 24.4 Å². The second kappa shape index (κ2) is 6.75. The van der Waals surface area contributed by atoms with E-state index in [1.807, 2.05) is 25.1 Å². The van der Waals surface area contributed by atoms with Gasteiger partial charge in [0.2, 0.25) is 0 Å². The Morgan fingerprint density at radius 2 is 2.12 bits per heavy atom. The van der Waals surface area contributed by atoms with Crippen molar-refractivity contribution in [3.8, 4) is 5.75 Å². The summed E-state index contributed by atoms with van der Waals surface area (Å²) in [5.41, 5.74) is 1.76. The van der Waals surface area contributed by atoms with Crippen molar-refractivity contribution in [1.82, 2.24) is 15.0 Å². The number of nitrogens with zero attached hydrogens (tertiary/aromatic N) is 2. The molecule has 0 aliphatic heterocycles. The molecule has 2 heterocycles. The summed E-state index contributed by atoms with van der Waals surface area (Å²) in [6, 6.07) is 5.76. The number of hydrogen-bond donors (Lipinski definition) is 2. The molecule has 6 heteroatoms. The molecule has 2 aromatic heterocycles. The zero-order chi connectivity index (χ0) is 17.2. The van der Waals surface area contributed by atoms with E-state index in [-0.39, 0.29) is 0 Å². The number of hydrogen-bond acceptors (Lipinski definition) is 5. The Bertz CT molecular complexity index is 836. The highest BCUT2D eigenvalue weighted by molar-refractivity contribution is 6.05. The van der Waals surface area contributed by atoms with Crippen molar-refractivity contribution in [2.24, 2.45) is 0 Å². The van der Waals surface area contributed by atoms with Gasteiger partial charge in [-0.2, -0.15) is 0 Å². The Balaban J connectivity index is 1.97. The number of pyridine rings is 1. The third kappa shape index (κ3) is 3.66. The summed E-state index contributed by atoms with van der Waals surface area (Å²) in [5, 5.41) is 10.7. The SMILES string of the molecule is CCOCc1nc2c(cnc3cccc(OCCC(C)(C)O)c32)[nH]1. The molecule has 3 aromatic rings. The van der Waals surface area contributed by atoms with Gasteiger partial charge in [0.25, 0.3) is 0 Å². The van der Waals surface area contributed by atoms with E-state index in [9.17, 15) is 5.11 Å². The molecule has 0 unspecified atom stereocenters. The van der Waals surface area contributed by atoms with E-state index in [0.29, 0.717) is 26.2 Å². The van der Waals surface area contributed by atoms with Crippen LogP contribution < -0.4 is 4.74 Å². The van der Waals surface area contributed by atoms with E-state index in [1.165, 1.54) is 0 Å². The number of H-pyrrole nitrogens is 1. The smallest absolute Gasteiger partial charge is 0.133 e. The molecule has 6 nitrogen and oxygen atoms in total. The second-order valence-electron chi connectivity index (χ2n) is 6.40. The van der Waals surface area contributed by atoms with Gasteiger partial charge in [-0.25, -0.2) is 4.98 Å². The summed E-state index contributed by atoms with van der Waals surface area (Å²) in [6.07, 6.45) is 2.32. The minimum atomic E-state index is -0.755. The molecule has 0 spiro atoms. The Labute approximate surface area is 140 Å². The van der Waals surface area contributed by atoms with E-state index >= 15 is 0 Å². The van der Waals surface area contributed by atoms with E-state index in [2.05, 4.69) is 15.0 Å². The van der Waals surface area contributed by atoms with Crippen molar-refractivity contribution in [3.63, 3.8) is 0 Å². The molecule has 2 N–H and O–H groups in total. The molecule has 1 aromatic carbocycles. The maximum Gasteiger partial charge on any atom is 0.133 e. The van der Waals surface area contributed by atoms with Gasteiger partial charge in [-0.1, -0.05) is 6.07 Å². The maximum atomic E-state index is 9.84. The maximum absolute atomic E-state index is 9.84. The number of aromatic nitrogens is 3. The number of nitrogens with one attached hydrogen (secondary N) is 1. The number of ether oxygens (including phenoxy) is 2. The zero-order valence-corrected chi connectivity index (χ0v) is 14.3. The third-order valence-corrected chi connectivity index (χ3v) is 3.77. The summed E-state index contributed by atoms with van der Waals surface area (Å²) in [7, 11) is 0. The summed E-state index contributed by atoms with van der Waals surface area (Å²) in [5.74, 6) is 1.50. The lowest BCUT2D eigenvalue weighted by atomic mass is 10.1. The Hall–Kier alpha value is -2.18. The van der Waals surface area contributed by atoms with Crippen LogP contribution in [-0.4, -0.2) is 38.9 Å². The van der Waals surface area contributed by atoms with Crippen LogP contribution in [0.25, 0.3) is 21.9 Å². The number of imidazole rings is 1. The second-order valence-corrected chi connectivity index (χ2v) is 6.40. The molecule has 0 fully saturated rings. The van der Waals surface area contributed by atoms with Gasteiger partial charge < -0.3 is 19.6 Å². The monoisotopic (exact) mass is 329 g/mol. The largest absolute Gasteiger partial charge is 0.493 e. The molecule has 0 saturated heterocycles. The lowest BCUT2D eigenvalue weighted by Gasteiger charge is -2.17. The van der Waals surface area contributed by atoms with Gasteiger partial charge in [0.05, 0.1) is 34.8 Å². The first-order valence-electron chi connectivity index (χ1n) is 8.17. The van der Waals surface area contributed by atoms with Crippen molar-refractivity contribution in [2.45, 2.75) is 39.4 Å². The topological polar surface area (TPSA) is 80.3 Å². The van der Waals surface area contributed by atoms with Crippen LogP contribution in [0.4, 0.5) is 0 Å². The Morgan fingerprint density at radius 3 is 2.88 bits per heavy atom. The summed E-state index contributed by atoms with van der Waals surface area (Å²) >= 11 is 0. The van der Waals surface area contributed by atoms with Gasteiger partial charge in [0.15, 0.2) is 0 Å². The van der Waals surface area contributed by atoms with E-state index in [1.54, 1.807) is 20.0 Å². The van der Waals surface area contributed by atoms with Crippen molar-refractivity contribution >= 4 is 21.9 Å². The molecule has 24 heavy (non-hydrogen) atoms. The molecule has 0 saturated carbocycles. The molecule has 0 amide bonds. The molecule has 0 atom stereocenters. The average molecular weight is 329 g/mol. The van der Waals surface area contributed by atoms with Crippen molar-refractivity contribution in [3.05, 3.63) is 30.2 Å². The van der Waals surface area contributed by atoms with Gasteiger partial charge in [-0.05, 0) is 32.9 Å². The highest BCUT2D eigenvalue weighted by Crippen LogP contribution is 2.30. The predicted octanol–water partition coefficient (Wildman–Crippen LogP) is 3.19. The molecule has 0 bridgehead atoms. The predicted molar refractivity (Wildman–Crippen MR) is 93.1 cm³/mol. The number of rotatable bonds is 7. The molecule has 3 rings (SSSR count). The number of fused-ring (bicyclic) bond motifs is 3. The lowest BCUT2D eigenvalue weighted by Crippen LogP contribution is -2.21. The van der Waals surface area contributed by atoms with Gasteiger partial charge in [-0.15, -0.1) is 0 Å². The molecule has 0 aliphatic carbocycles. The van der Waals surface area contributed by atoms with Gasteiger partial charge in [-0.3, -0.25) is 4.98 Å².